The first-order valence-corrected chi connectivity index (χ1v) is 7.72. The molecule has 0 spiro atoms. The van der Waals surface area contributed by atoms with Crippen molar-refractivity contribution >= 4 is 23.3 Å². The molecule has 8 nitrogen and oxygen atoms in total. The van der Waals surface area contributed by atoms with Gasteiger partial charge in [-0.2, -0.15) is 5.10 Å². The average Bonchev–Trinajstić information content (AvgIpc) is 2.98. The molecule has 1 saturated heterocycles. The van der Waals surface area contributed by atoms with E-state index in [-0.39, 0.29) is 23.8 Å². The lowest BCUT2D eigenvalue weighted by molar-refractivity contribution is -0.140. The number of nitrogens with one attached hydrogen (secondary N) is 1. The molecule has 0 unspecified atom stereocenters. The molecule has 2 aromatic rings. The van der Waals surface area contributed by atoms with Crippen molar-refractivity contribution in [2.75, 3.05) is 18.1 Å². The highest BCUT2D eigenvalue weighted by molar-refractivity contribution is 5.94. The fraction of sp³-hybridized carbons (Fsp3) is 0.375. The van der Waals surface area contributed by atoms with Crippen LogP contribution in [0.15, 0.2) is 30.7 Å². The summed E-state index contributed by atoms with van der Waals surface area (Å²) in [6, 6.07) is 3.00. The molecule has 2 aromatic heterocycles. The third kappa shape index (κ3) is 3.08. The Morgan fingerprint density at radius 2 is 2.12 bits per heavy atom. The Kier molecular flexibility index (Phi) is 4.20. The zero-order valence-corrected chi connectivity index (χ0v) is 13.6. The monoisotopic (exact) mass is 328 g/mol. The minimum atomic E-state index is -0.352. The number of nitrogens with zero attached hydrogens (tertiary/aromatic N) is 4. The van der Waals surface area contributed by atoms with Gasteiger partial charge in [0.2, 0.25) is 11.8 Å². The number of aromatic nitrogens is 3. The molecule has 2 atom stereocenters. The van der Waals surface area contributed by atoms with Crippen molar-refractivity contribution in [1.82, 2.24) is 19.7 Å². The number of nitrogen functional groups attached to an aromatic ring is 1. The molecule has 1 aliphatic heterocycles. The van der Waals surface area contributed by atoms with Crippen molar-refractivity contribution in [2.24, 2.45) is 13.0 Å². The Labute approximate surface area is 139 Å². The fourth-order valence-corrected chi connectivity index (χ4v) is 3.08. The highest BCUT2D eigenvalue weighted by Crippen LogP contribution is 2.36. The van der Waals surface area contributed by atoms with E-state index in [1.165, 1.54) is 6.20 Å². The minimum absolute atomic E-state index is 0.0297. The number of piperidine rings is 1. The third-order valence-corrected chi connectivity index (χ3v) is 4.32. The molecular weight excluding hydrogens is 308 g/mol. The van der Waals surface area contributed by atoms with Gasteiger partial charge in [0.25, 0.3) is 0 Å². The topological polar surface area (TPSA) is 106 Å². The number of hydrogen-bond donors (Lipinski definition) is 2. The van der Waals surface area contributed by atoms with E-state index in [1.54, 1.807) is 35.0 Å². The first kappa shape index (κ1) is 16.0. The molecule has 126 valence electrons. The molecular formula is C16H20N6O2. The minimum Gasteiger partial charge on any atom is -0.384 e. The van der Waals surface area contributed by atoms with Gasteiger partial charge < -0.3 is 16.0 Å². The molecule has 1 fully saturated rings. The summed E-state index contributed by atoms with van der Waals surface area (Å²) in [5, 5.41) is 7.02. The lowest BCUT2D eigenvalue weighted by atomic mass is 9.85. The van der Waals surface area contributed by atoms with Crippen LogP contribution in [0.25, 0.3) is 0 Å². The highest BCUT2D eigenvalue weighted by Gasteiger charge is 2.39. The van der Waals surface area contributed by atoms with Gasteiger partial charge in [0.15, 0.2) is 0 Å². The van der Waals surface area contributed by atoms with E-state index >= 15 is 0 Å². The smallest absolute Gasteiger partial charge is 0.229 e. The van der Waals surface area contributed by atoms with Crippen LogP contribution in [0.3, 0.4) is 0 Å². The summed E-state index contributed by atoms with van der Waals surface area (Å²) in [6.07, 6.45) is 5.90. The molecule has 1 aliphatic rings. The maximum atomic E-state index is 12.8. The number of likely N-dealkylation sites (tertiary alicyclic amines) is 1. The van der Waals surface area contributed by atoms with E-state index in [1.807, 2.05) is 13.2 Å². The molecule has 0 aromatic carbocycles. The Balaban J connectivity index is 1.84. The van der Waals surface area contributed by atoms with E-state index in [0.717, 1.165) is 5.56 Å². The van der Waals surface area contributed by atoms with Gasteiger partial charge in [-0.25, -0.2) is 4.98 Å². The molecule has 3 N–H and O–H groups in total. The summed E-state index contributed by atoms with van der Waals surface area (Å²) < 4.78 is 1.67. The number of carbonyl (C=O) groups excluding carboxylic acids is 2. The number of hydrogen-bond acceptors (Lipinski definition) is 5. The normalized spacial score (nSPS) is 20.9. The van der Waals surface area contributed by atoms with Crippen molar-refractivity contribution < 1.29 is 9.59 Å². The molecule has 0 radical (unpaired) electrons. The molecule has 0 aliphatic carbocycles. The van der Waals surface area contributed by atoms with Gasteiger partial charge in [-0.3, -0.25) is 14.3 Å². The van der Waals surface area contributed by atoms with Crippen LogP contribution in [0.5, 0.6) is 0 Å². The molecule has 0 bridgehead atoms. The van der Waals surface area contributed by atoms with Crippen molar-refractivity contribution in [3.63, 3.8) is 0 Å². The first-order chi connectivity index (χ1) is 11.5. The Bertz CT molecular complexity index is 754. The predicted octanol–water partition coefficient (Wildman–Crippen LogP) is 0.945. The molecule has 0 saturated carbocycles. The van der Waals surface area contributed by atoms with E-state index in [4.69, 9.17) is 5.73 Å². The number of nitrogens with two attached hydrogens (primary N) is 1. The van der Waals surface area contributed by atoms with Crippen molar-refractivity contribution in [1.29, 1.82) is 0 Å². The number of anilines is 2. The molecule has 8 heteroatoms. The van der Waals surface area contributed by atoms with Crippen LogP contribution < -0.4 is 11.1 Å². The average molecular weight is 328 g/mol. The largest absolute Gasteiger partial charge is 0.384 e. The van der Waals surface area contributed by atoms with Crippen molar-refractivity contribution in [3.05, 3.63) is 36.3 Å². The van der Waals surface area contributed by atoms with Gasteiger partial charge in [-0.1, -0.05) is 0 Å². The van der Waals surface area contributed by atoms with Crippen LogP contribution >= 0.6 is 0 Å². The van der Waals surface area contributed by atoms with E-state index < -0.39 is 0 Å². The van der Waals surface area contributed by atoms with Crippen LogP contribution in [-0.4, -0.2) is 38.5 Å². The number of aryl methyl sites for hydroxylation is 1. The highest BCUT2D eigenvalue weighted by atomic mass is 16.2. The predicted molar refractivity (Wildman–Crippen MR) is 88.7 cm³/mol. The van der Waals surface area contributed by atoms with Gasteiger partial charge in [0, 0.05) is 32.3 Å². The summed E-state index contributed by atoms with van der Waals surface area (Å²) >= 11 is 0. The van der Waals surface area contributed by atoms with Crippen LogP contribution in [-0.2, 0) is 16.6 Å². The van der Waals surface area contributed by atoms with Gasteiger partial charge >= 0.3 is 0 Å². The summed E-state index contributed by atoms with van der Waals surface area (Å²) in [7, 11) is 3.54. The number of carbonyl (C=O) groups is 2. The summed E-state index contributed by atoms with van der Waals surface area (Å²) in [5.41, 5.74) is 6.99. The van der Waals surface area contributed by atoms with Gasteiger partial charge in [-0.05, 0) is 18.6 Å². The number of pyridine rings is 1. The van der Waals surface area contributed by atoms with Crippen LogP contribution in [0.1, 0.15) is 24.4 Å². The maximum Gasteiger partial charge on any atom is 0.229 e. The molecule has 2 amide bonds. The van der Waals surface area contributed by atoms with Crippen molar-refractivity contribution in [2.45, 2.75) is 18.9 Å². The molecule has 3 heterocycles. The van der Waals surface area contributed by atoms with Gasteiger partial charge in [0.1, 0.15) is 5.82 Å². The standard InChI is InChI=1S/C16H20N6O2/c1-21-9-10(7-19-21)15-12(4-6-14(23)22(15)2)16(24)20-11-3-5-13(17)18-8-11/h3,5,7-9,12,15H,4,6H2,1-2H3,(H2,17,18)(H,20,24)/t12-,15-/m0/s1. The van der Waals surface area contributed by atoms with Gasteiger partial charge in [0.05, 0.1) is 30.0 Å². The zero-order valence-electron chi connectivity index (χ0n) is 13.6. The van der Waals surface area contributed by atoms with Crippen molar-refractivity contribution in [3.8, 4) is 0 Å². The number of amides is 2. The second kappa shape index (κ2) is 6.31. The fourth-order valence-electron chi connectivity index (χ4n) is 3.08. The van der Waals surface area contributed by atoms with E-state index in [0.29, 0.717) is 24.3 Å². The summed E-state index contributed by atoms with van der Waals surface area (Å²) in [5.74, 6) is -0.0736. The lowest BCUT2D eigenvalue weighted by Crippen LogP contribution is -2.44. The summed E-state index contributed by atoms with van der Waals surface area (Å²) in [4.78, 5) is 30.5. The quantitative estimate of drug-likeness (QED) is 0.872. The lowest BCUT2D eigenvalue weighted by Gasteiger charge is -2.37. The van der Waals surface area contributed by atoms with Crippen LogP contribution in [0, 0.1) is 5.92 Å². The Morgan fingerprint density at radius 1 is 1.33 bits per heavy atom. The second-order valence-corrected chi connectivity index (χ2v) is 6.00. The van der Waals surface area contributed by atoms with Crippen LogP contribution in [0.4, 0.5) is 11.5 Å². The Morgan fingerprint density at radius 3 is 2.75 bits per heavy atom. The van der Waals surface area contributed by atoms with E-state index in [9.17, 15) is 9.59 Å². The molecule has 3 rings (SSSR count). The maximum absolute atomic E-state index is 12.8. The third-order valence-electron chi connectivity index (χ3n) is 4.32. The first-order valence-electron chi connectivity index (χ1n) is 7.72. The van der Waals surface area contributed by atoms with Crippen LogP contribution in [0.2, 0.25) is 0 Å². The van der Waals surface area contributed by atoms with Gasteiger partial charge in [-0.15, -0.1) is 0 Å². The SMILES string of the molecule is CN1C(=O)CC[C@H](C(=O)Nc2ccc(N)nc2)[C@@H]1c1cnn(C)c1. The second-order valence-electron chi connectivity index (χ2n) is 6.00. The molecule has 24 heavy (non-hydrogen) atoms. The zero-order chi connectivity index (χ0) is 17.3. The number of rotatable bonds is 3. The Hall–Kier alpha value is -2.90. The summed E-state index contributed by atoms with van der Waals surface area (Å²) in [6.45, 7) is 0. The van der Waals surface area contributed by atoms with E-state index in [2.05, 4.69) is 15.4 Å².